The number of ether oxygens (including phenoxy) is 1. The first kappa shape index (κ1) is 17.3. The van der Waals surface area contributed by atoms with E-state index in [1.165, 1.54) is 13.1 Å². The van der Waals surface area contributed by atoms with Crippen LogP contribution in [-0.4, -0.2) is 27.6 Å². The van der Waals surface area contributed by atoms with E-state index in [1.807, 2.05) is 43.3 Å². The van der Waals surface area contributed by atoms with Crippen molar-refractivity contribution in [2.45, 2.75) is 13.8 Å². The Morgan fingerprint density at radius 2 is 1.65 bits per heavy atom. The van der Waals surface area contributed by atoms with E-state index in [0.29, 0.717) is 23.9 Å². The molecule has 0 fully saturated rings. The van der Waals surface area contributed by atoms with Crippen LogP contribution in [0.15, 0.2) is 54.7 Å². The predicted molar refractivity (Wildman–Crippen MR) is 100 cm³/mol. The number of hydrogen-bond donors (Lipinski definition) is 2. The lowest BCUT2D eigenvalue weighted by atomic mass is 10.1. The molecule has 3 aromatic rings. The van der Waals surface area contributed by atoms with Gasteiger partial charge in [-0.05, 0) is 62.4 Å². The third kappa shape index (κ3) is 4.54. The van der Waals surface area contributed by atoms with E-state index >= 15 is 0 Å². The highest BCUT2D eigenvalue weighted by Crippen LogP contribution is 2.20. The van der Waals surface area contributed by atoms with E-state index in [1.54, 1.807) is 12.1 Å². The fourth-order valence-corrected chi connectivity index (χ4v) is 2.28. The lowest BCUT2D eigenvalue weighted by Crippen LogP contribution is -2.02. The van der Waals surface area contributed by atoms with Crippen LogP contribution in [0.5, 0.6) is 5.75 Å². The molecule has 0 aliphatic rings. The topological polar surface area (TPSA) is 89.0 Å². The number of nitrogens with one attached hydrogen (secondary N) is 2. The van der Waals surface area contributed by atoms with Crippen LogP contribution in [0.25, 0.3) is 0 Å². The summed E-state index contributed by atoms with van der Waals surface area (Å²) in [7, 11) is 0. The number of anilines is 4. The van der Waals surface area contributed by atoms with Crippen LogP contribution in [0, 0.1) is 0 Å². The van der Waals surface area contributed by atoms with Gasteiger partial charge in [0.05, 0.1) is 12.8 Å². The van der Waals surface area contributed by atoms with Crippen molar-refractivity contribution in [2.75, 3.05) is 17.2 Å². The van der Waals surface area contributed by atoms with E-state index in [0.717, 1.165) is 17.1 Å². The number of ketones is 1. The van der Waals surface area contributed by atoms with Crippen molar-refractivity contribution in [2.24, 2.45) is 0 Å². The zero-order valence-corrected chi connectivity index (χ0v) is 14.6. The first-order valence-corrected chi connectivity index (χ1v) is 8.21. The number of carbonyl (C=O) groups excluding carboxylic acids is 1. The minimum absolute atomic E-state index is 0.0297. The second kappa shape index (κ2) is 8.06. The van der Waals surface area contributed by atoms with Gasteiger partial charge in [0, 0.05) is 16.9 Å². The monoisotopic (exact) mass is 349 g/mol. The molecule has 1 heterocycles. The standard InChI is InChI=1S/C19H19N5O2/c1-3-26-17-10-8-16(9-11-17)22-19-23-18(12-20-24-19)21-15-6-4-14(5-7-15)13(2)25/h4-12H,3H2,1-2H3,(H2,21,22,23,24). The number of nitrogens with zero attached hydrogens (tertiary/aromatic N) is 3. The number of Topliss-reactive ketones (excluding diaryl/α,β-unsaturated/α-hetero) is 1. The van der Waals surface area contributed by atoms with Crippen LogP contribution in [0.2, 0.25) is 0 Å². The average molecular weight is 349 g/mol. The highest BCUT2D eigenvalue weighted by molar-refractivity contribution is 5.94. The van der Waals surface area contributed by atoms with Gasteiger partial charge in [0.1, 0.15) is 5.75 Å². The quantitative estimate of drug-likeness (QED) is 0.624. The minimum Gasteiger partial charge on any atom is -0.494 e. The summed E-state index contributed by atoms with van der Waals surface area (Å²) < 4.78 is 5.42. The molecule has 2 aromatic carbocycles. The third-order valence-corrected chi connectivity index (χ3v) is 3.54. The van der Waals surface area contributed by atoms with E-state index in [4.69, 9.17) is 4.74 Å². The largest absolute Gasteiger partial charge is 0.494 e. The second-order valence-electron chi connectivity index (χ2n) is 5.51. The number of carbonyl (C=O) groups is 1. The van der Waals surface area contributed by atoms with Crippen molar-refractivity contribution in [3.05, 3.63) is 60.3 Å². The summed E-state index contributed by atoms with van der Waals surface area (Å²) in [5.41, 5.74) is 2.30. The van der Waals surface area contributed by atoms with Crippen LogP contribution in [0.1, 0.15) is 24.2 Å². The molecule has 0 atom stereocenters. The van der Waals surface area contributed by atoms with Gasteiger partial charge < -0.3 is 15.4 Å². The molecule has 0 aliphatic heterocycles. The highest BCUT2D eigenvalue weighted by atomic mass is 16.5. The van der Waals surface area contributed by atoms with Gasteiger partial charge in [0.2, 0.25) is 5.95 Å². The van der Waals surface area contributed by atoms with E-state index in [9.17, 15) is 4.79 Å². The first-order chi connectivity index (χ1) is 12.6. The maximum Gasteiger partial charge on any atom is 0.249 e. The van der Waals surface area contributed by atoms with Crippen LogP contribution >= 0.6 is 0 Å². The van der Waals surface area contributed by atoms with Crippen molar-refractivity contribution >= 4 is 28.9 Å². The second-order valence-corrected chi connectivity index (χ2v) is 5.51. The number of rotatable bonds is 7. The highest BCUT2D eigenvalue weighted by Gasteiger charge is 2.04. The van der Waals surface area contributed by atoms with Gasteiger partial charge >= 0.3 is 0 Å². The maximum absolute atomic E-state index is 11.3. The van der Waals surface area contributed by atoms with Gasteiger partial charge in [0.15, 0.2) is 11.6 Å². The summed E-state index contributed by atoms with van der Waals surface area (Å²) in [4.78, 5) is 15.7. The van der Waals surface area contributed by atoms with Crippen LogP contribution in [0.3, 0.4) is 0 Å². The van der Waals surface area contributed by atoms with Crippen molar-refractivity contribution in [1.82, 2.24) is 15.2 Å². The molecular formula is C19H19N5O2. The van der Waals surface area contributed by atoms with Crippen LogP contribution in [0.4, 0.5) is 23.1 Å². The molecule has 1 aromatic heterocycles. The first-order valence-electron chi connectivity index (χ1n) is 8.21. The Morgan fingerprint density at radius 3 is 2.31 bits per heavy atom. The van der Waals surface area contributed by atoms with Crippen molar-refractivity contribution in [3.8, 4) is 5.75 Å². The average Bonchev–Trinajstić information content (AvgIpc) is 2.64. The van der Waals surface area contributed by atoms with Gasteiger partial charge in [-0.25, -0.2) is 0 Å². The SMILES string of the molecule is CCOc1ccc(Nc2nncc(Nc3ccc(C(C)=O)cc3)n2)cc1. The number of aromatic nitrogens is 3. The summed E-state index contributed by atoms with van der Waals surface area (Å²) in [5.74, 6) is 1.76. The Kier molecular flexibility index (Phi) is 5.38. The molecule has 26 heavy (non-hydrogen) atoms. The number of hydrogen-bond acceptors (Lipinski definition) is 7. The van der Waals surface area contributed by atoms with Crippen molar-refractivity contribution < 1.29 is 9.53 Å². The molecule has 0 saturated heterocycles. The molecule has 0 saturated carbocycles. The van der Waals surface area contributed by atoms with Crippen LogP contribution < -0.4 is 15.4 Å². The van der Waals surface area contributed by atoms with Gasteiger partial charge in [-0.2, -0.15) is 10.1 Å². The lowest BCUT2D eigenvalue weighted by Gasteiger charge is -2.09. The summed E-state index contributed by atoms with van der Waals surface area (Å²) in [6, 6.07) is 14.7. The summed E-state index contributed by atoms with van der Waals surface area (Å²) in [5, 5.41) is 14.2. The normalized spacial score (nSPS) is 10.2. The van der Waals surface area contributed by atoms with Gasteiger partial charge in [0.25, 0.3) is 0 Å². The van der Waals surface area contributed by atoms with Gasteiger partial charge in [-0.3, -0.25) is 4.79 Å². The smallest absolute Gasteiger partial charge is 0.249 e. The zero-order valence-electron chi connectivity index (χ0n) is 14.6. The Balaban J connectivity index is 1.68. The van der Waals surface area contributed by atoms with E-state index < -0.39 is 0 Å². The Labute approximate surface area is 151 Å². The van der Waals surface area contributed by atoms with Crippen molar-refractivity contribution in [1.29, 1.82) is 0 Å². The molecular weight excluding hydrogens is 330 g/mol. The van der Waals surface area contributed by atoms with Gasteiger partial charge in [-0.1, -0.05) is 0 Å². The fourth-order valence-electron chi connectivity index (χ4n) is 2.28. The van der Waals surface area contributed by atoms with E-state index in [2.05, 4.69) is 25.8 Å². The molecule has 0 bridgehead atoms. The lowest BCUT2D eigenvalue weighted by molar-refractivity contribution is 0.101. The van der Waals surface area contributed by atoms with Crippen LogP contribution in [-0.2, 0) is 0 Å². The molecule has 7 heteroatoms. The zero-order chi connectivity index (χ0) is 18.4. The van der Waals surface area contributed by atoms with Crippen molar-refractivity contribution in [3.63, 3.8) is 0 Å². The predicted octanol–water partition coefficient (Wildman–Crippen LogP) is 3.96. The van der Waals surface area contributed by atoms with E-state index in [-0.39, 0.29) is 5.78 Å². The minimum atomic E-state index is 0.0297. The Morgan fingerprint density at radius 1 is 1.00 bits per heavy atom. The molecule has 0 spiro atoms. The summed E-state index contributed by atoms with van der Waals surface area (Å²) in [6.07, 6.45) is 1.53. The summed E-state index contributed by atoms with van der Waals surface area (Å²) >= 11 is 0. The Bertz CT molecular complexity index is 879. The molecule has 3 rings (SSSR count). The molecule has 2 N–H and O–H groups in total. The molecule has 0 unspecified atom stereocenters. The number of benzene rings is 2. The molecule has 0 radical (unpaired) electrons. The molecule has 0 aliphatic carbocycles. The maximum atomic E-state index is 11.3. The Hall–Kier alpha value is -3.48. The third-order valence-electron chi connectivity index (χ3n) is 3.54. The van der Waals surface area contributed by atoms with Gasteiger partial charge in [-0.15, -0.1) is 5.10 Å². The summed E-state index contributed by atoms with van der Waals surface area (Å²) in [6.45, 7) is 4.11. The fraction of sp³-hybridized carbons (Fsp3) is 0.158. The molecule has 7 nitrogen and oxygen atoms in total. The molecule has 132 valence electrons. The molecule has 0 amide bonds.